The summed E-state index contributed by atoms with van der Waals surface area (Å²) in [6, 6.07) is 8.27. The van der Waals surface area contributed by atoms with E-state index in [0.29, 0.717) is 22.7 Å². The number of hydrogen-bond acceptors (Lipinski definition) is 5. The van der Waals surface area contributed by atoms with Gasteiger partial charge in [-0.2, -0.15) is 0 Å². The van der Waals surface area contributed by atoms with Crippen LogP contribution in [0.5, 0.6) is 0 Å². The molecule has 9 nitrogen and oxygen atoms in total. The van der Waals surface area contributed by atoms with Gasteiger partial charge in [0.15, 0.2) is 0 Å². The first kappa shape index (κ1) is 33.6. The minimum atomic E-state index is -1.17. The highest BCUT2D eigenvalue weighted by molar-refractivity contribution is 6.34. The van der Waals surface area contributed by atoms with E-state index in [2.05, 4.69) is 10.6 Å². The van der Waals surface area contributed by atoms with Crippen LogP contribution < -0.4 is 16.4 Å². The van der Waals surface area contributed by atoms with Crippen LogP contribution in [0.1, 0.15) is 82.2 Å². The lowest BCUT2D eigenvalue weighted by molar-refractivity contribution is -0.143. The lowest BCUT2D eigenvalue weighted by atomic mass is 9.94. The summed E-state index contributed by atoms with van der Waals surface area (Å²) in [7, 11) is 0. The third kappa shape index (κ3) is 9.49. The molecule has 4 amide bonds. The van der Waals surface area contributed by atoms with Gasteiger partial charge in [0.25, 0.3) is 5.91 Å². The van der Waals surface area contributed by atoms with Crippen molar-refractivity contribution in [1.82, 2.24) is 10.2 Å². The predicted molar refractivity (Wildman–Crippen MR) is 162 cm³/mol. The fourth-order valence-corrected chi connectivity index (χ4v) is 4.77. The number of aryl methyl sites for hydroxylation is 3. The number of benzene rings is 2. The largest absolute Gasteiger partial charge is 0.444 e. The minimum Gasteiger partial charge on any atom is -0.444 e. The molecule has 0 saturated heterocycles. The van der Waals surface area contributed by atoms with Crippen LogP contribution in [0, 0.1) is 20.8 Å². The van der Waals surface area contributed by atoms with E-state index < -0.39 is 47.5 Å². The first-order valence-electron chi connectivity index (χ1n) is 13.8. The fourth-order valence-electron chi connectivity index (χ4n) is 4.50. The molecule has 0 aromatic heterocycles. The Bertz CT molecular complexity index is 1250. The molecule has 0 saturated carbocycles. The molecule has 2 aromatic rings. The number of rotatable bonds is 11. The fraction of sp³-hybridized carbons (Fsp3) is 0.484. The number of hydrogen-bond donors (Lipinski definition) is 3. The van der Waals surface area contributed by atoms with Crippen molar-refractivity contribution < 1.29 is 23.9 Å². The van der Waals surface area contributed by atoms with Crippen LogP contribution in [0.3, 0.4) is 0 Å². The summed E-state index contributed by atoms with van der Waals surface area (Å²) in [5.74, 6) is -1.63. The highest BCUT2D eigenvalue weighted by Gasteiger charge is 2.39. The van der Waals surface area contributed by atoms with E-state index in [1.807, 2.05) is 58.9 Å². The zero-order chi connectivity index (χ0) is 31.1. The van der Waals surface area contributed by atoms with E-state index in [-0.39, 0.29) is 12.8 Å². The second-order valence-electron chi connectivity index (χ2n) is 11.4. The summed E-state index contributed by atoms with van der Waals surface area (Å²) >= 11 is 6.44. The van der Waals surface area contributed by atoms with Crippen molar-refractivity contribution in [3.8, 4) is 0 Å². The maximum absolute atomic E-state index is 14.3. The number of alkyl carbamates (subject to hydrolysis) is 1. The van der Waals surface area contributed by atoms with Crippen molar-refractivity contribution in [2.24, 2.45) is 5.73 Å². The molecule has 0 heterocycles. The molecule has 0 aliphatic carbocycles. The number of carbonyl (C=O) groups is 4. The average Bonchev–Trinajstić information content (AvgIpc) is 2.85. The number of nitrogens with zero attached hydrogens (tertiary/aromatic N) is 1. The van der Waals surface area contributed by atoms with Crippen molar-refractivity contribution in [3.05, 3.63) is 63.7 Å². The van der Waals surface area contributed by atoms with E-state index in [1.165, 1.54) is 4.90 Å². The first-order valence-corrected chi connectivity index (χ1v) is 14.2. The van der Waals surface area contributed by atoms with Gasteiger partial charge < -0.3 is 26.0 Å². The Kier molecular flexibility index (Phi) is 11.8. The third-order valence-electron chi connectivity index (χ3n) is 6.71. The molecule has 2 rings (SSSR count). The van der Waals surface area contributed by atoms with Gasteiger partial charge in [-0.15, -0.1) is 0 Å². The highest BCUT2D eigenvalue weighted by Crippen LogP contribution is 2.32. The van der Waals surface area contributed by atoms with Crippen LogP contribution in [0.15, 0.2) is 36.4 Å². The van der Waals surface area contributed by atoms with Crippen LogP contribution in [0.4, 0.5) is 10.5 Å². The quantitative estimate of drug-likeness (QED) is 0.309. The summed E-state index contributed by atoms with van der Waals surface area (Å²) in [4.78, 5) is 54.4. The lowest BCUT2D eigenvalue weighted by Gasteiger charge is -2.39. The Morgan fingerprint density at radius 3 is 2.24 bits per heavy atom. The summed E-state index contributed by atoms with van der Waals surface area (Å²) in [5, 5.41) is 5.92. The Balaban J connectivity index is 2.66. The lowest BCUT2D eigenvalue weighted by Crippen LogP contribution is -2.55. The molecule has 0 bridgehead atoms. The molecule has 3 atom stereocenters. The van der Waals surface area contributed by atoms with Gasteiger partial charge in [0.1, 0.15) is 17.7 Å². The Hall–Kier alpha value is -3.59. The third-order valence-corrected chi connectivity index (χ3v) is 7.02. The van der Waals surface area contributed by atoms with Gasteiger partial charge in [-0.05, 0) is 84.1 Å². The van der Waals surface area contributed by atoms with E-state index in [4.69, 9.17) is 22.1 Å². The number of anilines is 1. The van der Waals surface area contributed by atoms with Crippen molar-refractivity contribution in [3.63, 3.8) is 0 Å². The molecular weight excluding hydrogens is 544 g/mol. The second kappa shape index (κ2) is 14.3. The Labute approximate surface area is 248 Å². The summed E-state index contributed by atoms with van der Waals surface area (Å²) in [6.07, 6.45) is -0.519. The Morgan fingerprint density at radius 2 is 1.71 bits per heavy atom. The zero-order valence-corrected chi connectivity index (χ0v) is 26.0. The minimum absolute atomic E-state index is 0.0643. The van der Waals surface area contributed by atoms with Crippen LogP contribution in [-0.4, -0.2) is 46.4 Å². The molecule has 0 aliphatic heterocycles. The number of halogens is 1. The molecule has 0 fully saturated rings. The van der Waals surface area contributed by atoms with Gasteiger partial charge in [-0.1, -0.05) is 54.4 Å². The standard InChI is InChI=1S/C31H43ClN4O5/c1-9-21(5)36(29(39)24(15-16-25(33)37)34-30(40)41-31(6,7)8)27(22-14-13-18(2)17-20(22)4)28(38)35-26-19(3)11-10-12-23(26)32/h10-14,17,21,24,27H,9,15-16H2,1-8H3,(H2,33,37)(H,34,40)(H,35,38). The van der Waals surface area contributed by atoms with Crippen LogP contribution in [0.2, 0.25) is 5.02 Å². The molecule has 2 aromatic carbocycles. The highest BCUT2D eigenvalue weighted by atomic mass is 35.5. The monoisotopic (exact) mass is 586 g/mol. The zero-order valence-electron chi connectivity index (χ0n) is 25.3. The van der Waals surface area contributed by atoms with Crippen LogP contribution in [0.25, 0.3) is 0 Å². The van der Waals surface area contributed by atoms with Crippen molar-refractivity contribution in [2.45, 2.75) is 98.4 Å². The molecule has 4 N–H and O–H groups in total. The van der Waals surface area contributed by atoms with E-state index in [0.717, 1.165) is 16.7 Å². The number of nitrogens with one attached hydrogen (secondary N) is 2. The van der Waals surface area contributed by atoms with Gasteiger partial charge >= 0.3 is 6.09 Å². The normalized spacial score (nSPS) is 13.5. The van der Waals surface area contributed by atoms with Gasteiger partial charge in [0, 0.05) is 12.5 Å². The topological polar surface area (TPSA) is 131 Å². The number of carbonyl (C=O) groups excluding carboxylic acids is 4. The Morgan fingerprint density at radius 1 is 1.05 bits per heavy atom. The SMILES string of the molecule is CCC(C)N(C(=O)C(CCC(N)=O)NC(=O)OC(C)(C)C)C(C(=O)Nc1c(C)cccc1Cl)c1ccc(C)cc1C. The maximum atomic E-state index is 14.3. The van der Waals surface area contributed by atoms with Gasteiger partial charge in [0.2, 0.25) is 11.8 Å². The molecular formula is C31H43ClN4O5. The molecule has 3 unspecified atom stereocenters. The molecule has 10 heteroatoms. The molecule has 0 radical (unpaired) electrons. The van der Waals surface area contributed by atoms with E-state index in [9.17, 15) is 19.2 Å². The van der Waals surface area contributed by atoms with Gasteiger partial charge in [-0.3, -0.25) is 14.4 Å². The number of para-hydroxylation sites is 1. The maximum Gasteiger partial charge on any atom is 0.408 e. The molecule has 224 valence electrons. The van der Waals surface area contributed by atoms with Gasteiger partial charge in [-0.25, -0.2) is 4.79 Å². The van der Waals surface area contributed by atoms with Crippen LogP contribution >= 0.6 is 11.6 Å². The summed E-state index contributed by atoms with van der Waals surface area (Å²) in [6.45, 7) is 14.5. The average molecular weight is 587 g/mol. The van der Waals surface area contributed by atoms with Gasteiger partial charge in [0.05, 0.1) is 10.7 Å². The summed E-state index contributed by atoms with van der Waals surface area (Å²) in [5.41, 5.74) is 8.23. The van der Waals surface area contributed by atoms with Crippen molar-refractivity contribution in [2.75, 3.05) is 5.32 Å². The molecule has 0 aliphatic rings. The molecule has 0 spiro atoms. The number of nitrogens with two attached hydrogens (primary N) is 1. The van der Waals surface area contributed by atoms with Crippen LogP contribution in [-0.2, 0) is 19.1 Å². The van der Waals surface area contributed by atoms with Crippen molar-refractivity contribution >= 4 is 41.1 Å². The number of primary amides is 1. The predicted octanol–water partition coefficient (Wildman–Crippen LogP) is 5.73. The second-order valence-corrected chi connectivity index (χ2v) is 11.8. The summed E-state index contributed by atoms with van der Waals surface area (Å²) < 4.78 is 5.39. The number of amides is 4. The van der Waals surface area contributed by atoms with E-state index in [1.54, 1.807) is 32.9 Å². The smallest absolute Gasteiger partial charge is 0.408 e. The first-order chi connectivity index (χ1) is 19.0. The molecule has 41 heavy (non-hydrogen) atoms. The number of ether oxygens (including phenoxy) is 1. The van der Waals surface area contributed by atoms with E-state index >= 15 is 0 Å². The van der Waals surface area contributed by atoms with Crippen molar-refractivity contribution in [1.29, 1.82) is 0 Å².